The number of piperazine rings is 1. The Balaban J connectivity index is 1.82. The Morgan fingerprint density at radius 3 is 2.94 bits per heavy atom. The minimum Gasteiger partial charge on any atom is -0.317 e. The molecular formula is C14H29N3. The second-order valence-corrected chi connectivity index (χ2v) is 5.83. The zero-order valence-corrected chi connectivity index (χ0v) is 11.8. The minimum atomic E-state index is 0.729. The molecule has 2 aliphatic heterocycles. The van der Waals surface area contributed by atoms with Gasteiger partial charge < -0.3 is 5.32 Å². The highest BCUT2D eigenvalue weighted by atomic mass is 15.3. The minimum absolute atomic E-state index is 0.729. The first-order valence-electron chi connectivity index (χ1n) is 7.43. The van der Waals surface area contributed by atoms with Crippen LogP contribution in [0.15, 0.2) is 0 Å². The zero-order chi connectivity index (χ0) is 12.3. The van der Waals surface area contributed by atoms with Crippen LogP contribution >= 0.6 is 0 Å². The molecule has 3 atom stereocenters. The second kappa shape index (κ2) is 6.17. The van der Waals surface area contributed by atoms with Crippen LogP contribution in [0, 0.1) is 0 Å². The number of hydrogen-bond acceptors (Lipinski definition) is 3. The number of nitrogens with zero attached hydrogens (tertiary/aromatic N) is 2. The fraction of sp³-hybridized carbons (Fsp3) is 1.00. The molecule has 0 bridgehead atoms. The Morgan fingerprint density at radius 1 is 1.35 bits per heavy atom. The molecule has 0 amide bonds. The monoisotopic (exact) mass is 239 g/mol. The molecule has 0 saturated carbocycles. The van der Waals surface area contributed by atoms with Gasteiger partial charge in [-0.15, -0.1) is 0 Å². The van der Waals surface area contributed by atoms with Gasteiger partial charge >= 0.3 is 0 Å². The normalized spacial score (nSPS) is 32.6. The van der Waals surface area contributed by atoms with E-state index in [9.17, 15) is 0 Å². The highest BCUT2D eigenvalue weighted by Crippen LogP contribution is 2.26. The van der Waals surface area contributed by atoms with Crippen molar-refractivity contribution in [1.29, 1.82) is 0 Å². The van der Waals surface area contributed by atoms with Gasteiger partial charge in [-0.1, -0.05) is 6.92 Å². The van der Waals surface area contributed by atoms with Crippen LogP contribution < -0.4 is 5.32 Å². The zero-order valence-electron chi connectivity index (χ0n) is 11.8. The number of hydrogen-bond donors (Lipinski definition) is 1. The Morgan fingerprint density at radius 2 is 2.18 bits per heavy atom. The van der Waals surface area contributed by atoms with Crippen LogP contribution in [-0.2, 0) is 0 Å². The molecule has 100 valence electrons. The molecular weight excluding hydrogens is 210 g/mol. The van der Waals surface area contributed by atoms with Gasteiger partial charge in [0.2, 0.25) is 0 Å². The fourth-order valence-electron chi connectivity index (χ4n) is 3.48. The SMILES string of the molecule is CCNCCC(C)N1CC2CCCN2CC1C. The van der Waals surface area contributed by atoms with Crippen LogP contribution in [0.3, 0.4) is 0 Å². The molecule has 2 heterocycles. The lowest BCUT2D eigenvalue weighted by Crippen LogP contribution is -2.57. The van der Waals surface area contributed by atoms with Gasteiger partial charge in [-0.2, -0.15) is 0 Å². The molecule has 2 fully saturated rings. The van der Waals surface area contributed by atoms with E-state index in [2.05, 4.69) is 35.9 Å². The van der Waals surface area contributed by atoms with E-state index in [-0.39, 0.29) is 0 Å². The summed E-state index contributed by atoms with van der Waals surface area (Å²) in [6.45, 7) is 13.2. The van der Waals surface area contributed by atoms with E-state index in [1.165, 1.54) is 38.9 Å². The van der Waals surface area contributed by atoms with Crippen molar-refractivity contribution < 1.29 is 0 Å². The Labute approximate surface area is 107 Å². The van der Waals surface area contributed by atoms with Crippen LogP contribution in [-0.4, -0.2) is 60.6 Å². The summed E-state index contributed by atoms with van der Waals surface area (Å²) in [5, 5.41) is 3.44. The summed E-state index contributed by atoms with van der Waals surface area (Å²) in [7, 11) is 0. The molecule has 2 aliphatic rings. The molecule has 3 nitrogen and oxygen atoms in total. The molecule has 0 radical (unpaired) electrons. The van der Waals surface area contributed by atoms with Gasteiger partial charge in [-0.05, 0) is 52.7 Å². The van der Waals surface area contributed by atoms with Gasteiger partial charge in [0.05, 0.1) is 0 Å². The van der Waals surface area contributed by atoms with Crippen molar-refractivity contribution in [2.75, 3.05) is 32.7 Å². The van der Waals surface area contributed by atoms with Crippen molar-refractivity contribution in [3.8, 4) is 0 Å². The molecule has 17 heavy (non-hydrogen) atoms. The summed E-state index contributed by atoms with van der Waals surface area (Å²) in [6.07, 6.45) is 4.12. The summed E-state index contributed by atoms with van der Waals surface area (Å²) in [6, 6.07) is 2.32. The number of nitrogens with one attached hydrogen (secondary N) is 1. The van der Waals surface area contributed by atoms with Crippen molar-refractivity contribution in [2.24, 2.45) is 0 Å². The van der Waals surface area contributed by atoms with E-state index < -0.39 is 0 Å². The predicted octanol–water partition coefficient (Wildman–Crippen LogP) is 1.54. The average molecular weight is 239 g/mol. The summed E-state index contributed by atoms with van der Waals surface area (Å²) in [5.41, 5.74) is 0. The summed E-state index contributed by atoms with van der Waals surface area (Å²) in [5.74, 6) is 0. The van der Waals surface area contributed by atoms with Crippen molar-refractivity contribution in [3.63, 3.8) is 0 Å². The summed E-state index contributed by atoms with van der Waals surface area (Å²) < 4.78 is 0. The fourth-order valence-corrected chi connectivity index (χ4v) is 3.48. The van der Waals surface area contributed by atoms with E-state index in [1.807, 2.05) is 0 Å². The number of fused-ring (bicyclic) bond motifs is 1. The van der Waals surface area contributed by atoms with Crippen LogP contribution in [0.5, 0.6) is 0 Å². The second-order valence-electron chi connectivity index (χ2n) is 5.83. The third-order valence-corrected chi connectivity index (χ3v) is 4.54. The lowest BCUT2D eigenvalue weighted by molar-refractivity contribution is 0.0308. The van der Waals surface area contributed by atoms with Gasteiger partial charge in [-0.25, -0.2) is 0 Å². The first-order chi connectivity index (χ1) is 8.22. The van der Waals surface area contributed by atoms with E-state index >= 15 is 0 Å². The average Bonchev–Trinajstić information content (AvgIpc) is 2.75. The molecule has 2 rings (SSSR count). The van der Waals surface area contributed by atoms with E-state index in [4.69, 9.17) is 0 Å². The van der Waals surface area contributed by atoms with Crippen molar-refractivity contribution in [1.82, 2.24) is 15.1 Å². The van der Waals surface area contributed by atoms with Crippen molar-refractivity contribution >= 4 is 0 Å². The smallest absolute Gasteiger partial charge is 0.0224 e. The van der Waals surface area contributed by atoms with Crippen LogP contribution in [0.25, 0.3) is 0 Å². The Kier molecular flexibility index (Phi) is 4.83. The first kappa shape index (κ1) is 13.3. The van der Waals surface area contributed by atoms with Gasteiger partial charge in [-0.3, -0.25) is 9.80 Å². The molecule has 0 spiro atoms. The number of rotatable bonds is 5. The molecule has 1 N–H and O–H groups in total. The third-order valence-electron chi connectivity index (χ3n) is 4.54. The topological polar surface area (TPSA) is 18.5 Å². The van der Waals surface area contributed by atoms with Gasteiger partial charge in [0.25, 0.3) is 0 Å². The van der Waals surface area contributed by atoms with Crippen LogP contribution in [0.2, 0.25) is 0 Å². The predicted molar refractivity (Wildman–Crippen MR) is 73.4 cm³/mol. The van der Waals surface area contributed by atoms with Crippen LogP contribution in [0.1, 0.15) is 40.0 Å². The van der Waals surface area contributed by atoms with E-state index in [0.717, 1.165) is 31.2 Å². The lowest BCUT2D eigenvalue weighted by atomic mass is 10.0. The Hall–Kier alpha value is -0.120. The lowest BCUT2D eigenvalue weighted by Gasteiger charge is -2.45. The van der Waals surface area contributed by atoms with Crippen molar-refractivity contribution in [2.45, 2.75) is 58.2 Å². The van der Waals surface area contributed by atoms with Crippen LogP contribution in [0.4, 0.5) is 0 Å². The van der Waals surface area contributed by atoms with Gasteiger partial charge in [0.15, 0.2) is 0 Å². The maximum absolute atomic E-state index is 3.44. The molecule has 0 aromatic rings. The third kappa shape index (κ3) is 3.21. The van der Waals surface area contributed by atoms with Crippen molar-refractivity contribution in [3.05, 3.63) is 0 Å². The highest BCUT2D eigenvalue weighted by molar-refractivity contribution is 4.92. The molecule has 3 unspecified atom stereocenters. The maximum Gasteiger partial charge on any atom is 0.0224 e. The standard InChI is InChI=1S/C14H29N3/c1-4-15-8-7-12(2)17-11-14-6-5-9-16(14)10-13(17)3/h12-15H,4-11H2,1-3H3. The molecule has 3 heteroatoms. The quantitative estimate of drug-likeness (QED) is 0.734. The van der Waals surface area contributed by atoms with Gasteiger partial charge in [0.1, 0.15) is 0 Å². The van der Waals surface area contributed by atoms with E-state index in [1.54, 1.807) is 0 Å². The highest BCUT2D eigenvalue weighted by Gasteiger charge is 2.35. The summed E-state index contributed by atoms with van der Waals surface area (Å²) in [4.78, 5) is 5.45. The molecule has 0 aromatic heterocycles. The maximum atomic E-state index is 3.44. The van der Waals surface area contributed by atoms with Gasteiger partial charge in [0, 0.05) is 31.2 Å². The Bertz CT molecular complexity index is 232. The summed E-state index contributed by atoms with van der Waals surface area (Å²) >= 11 is 0. The molecule has 2 saturated heterocycles. The molecule has 0 aliphatic carbocycles. The largest absolute Gasteiger partial charge is 0.317 e. The van der Waals surface area contributed by atoms with E-state index in [0.29, 0.717) is 0 Å². The molecule has 0 aromatic carbocycles. The first-order valence-corrected chi connectivity index (χ1v) is 7.43.